The monoisotopic (exact) mass is 190 g/mol. The number of Topliss-reactive ketones (excluding diaryl/α,β-unsaturated/α-hetero) is 1. The summed E-state index contributed by atoms with van der Waals surface area (Å²) in [6.45, 7) is 1.90. The average Bonchev–Trinajstić information content (AvgIpc) is 2.65. The number of furan rings is 1. The van der Waals surface area contributed by atoms with Gasteiger partial charge in [-0.25, -0.2) is 0 Å². The molecule has 0 spiro atoms. The van der Waals surface area contributed by atoms with Crippen molar-refractivity contribution in [1.82, 2.24) is 0 Å². The smallest absolute Gasteiger partial charge is 0.224 e. The number of hydrogen-bond donors (Lipinski definition) is 0. The average molecular weight is 190 g/mol. The summed E-state index contributed by atoms with van der Waals surface area (Å²) in [5.74, 6) is 0.588. The van der Waals surface area contributed by atoms with Crippen LogP contribution in [0, 0.1) is 6.92 Å². The highest BCUT2D eigenvalue weighted by Crippen LogP contribution is 2.22. The van der Waals surface area contributed by atoms with Crippen LogP contribution >= 0.6 is 0 Å². The first-order valence-electron chi connectivity index (χ1n) is 5.07. The molecule has 1 aromatic rings. The van der Waals surface area contributed by atoms with Crippen molar-refractivity contribution in [2.45, 2.75) is 32.6 Å². The van der Waals surface area contributed by atoms with E-state index in [0.29, 0.717) is 5.76 Å². The minimum Gasteiger partial charge on any atom is -0.461 e. The first-order chi connectivity index (χ1) is 6.79. The number of ketones is 1. The van der Waals surface area contributed by atoms with E-state index in [0.717, 1.165) is 30.4 Å². The second-order valence-corrected chi connectivity index (χ2v) is 3.74. The van der Waals surface area contributed by atoms with Crippen molar-refractivity contribution in [2.75, 3.05) is 0 Å². The van der Waals surface area contributed by atoms with Gasteiger partial charge < -0.3 is 4.42 Å². The Hall–Kier alpha value is -1.31. The fourth-order valence-electron chi connectivity index (χ4n) is 1.80. The standard InChI is InChI=1S/C12H14O2/c1-9-7-8-14-12(9)11(13)10-5-3-2-4-6-10/h5,7-8H,2-4,6H2,1H3. The summed E-state index contributed by atoms with van der Waals surface area (Å²) in [4.78, 5) is 11.9. The van der Waals surface area contributed by atoms with Crippen molar-refractivity contribution in [3.05, 3.63) is 35.3 Å². The number of hydrogen-bond acceptors (Lipinski definition) is 2. The summed E-state index contributed by atoms with van der Waals surface area (Å²) in [7, 11) is 0. The summed E-state index contributed by atoms with van der Waals surface area (Å²) in [6, 6.07) is 1.83. The fraction of sp³-hybridized carbons (Fsp3) is 0.417. The third-order valence-electron chi connectivity index (χ3n) is 2.65. The molecule has 1 heterocycles. The third-order valence-corrected chi connectivity index (χ3v) is 2.65. The van der Waals surface area contributed by atoms with Crippen LogP contribution in [-0.2, 0) is 0 Å². The minimum absolute atomic E-state index is 0.0761. The topological polar surface area (TPSA) is 30.2 Å². The summed E-state index contributed by atoms with van der Waals surface area (Å²) >= 11 is 0. The fourth-order valence-corrected chi connectivity index (χ4v) is 1.80. The molecule has 0 N–H and O–H groups in total. The van der Waals surface area contributed by atoms with Crippen molar-refractivity contribution in [3.8, 4) is 0 Å². The molecule has 0 bridgehead atoms. The van der Waals surface area contributed by atoms with Gasteiger partial charge in [-0.05, 0) is 49.8 Å². The zero-order valence-corrected chi connectivity index (χ0v) is 8.38. The zero-order valence-electron chi connectivity index (χ0n) is 8.38. The van der Waals surface area contributed by atoms with Crippen molar-refractivity contribution in [1.29, 1.82) is 0 Å². The van der Waals surface area contributed by atoms with Gasteiger partial charge in [0, 0.05) is 0 Å². The molecule has 0 radical (unpaired) electrons. The molecule has 0 saturated carbocycles. The highest BCUT2D eigenvalue weighted by molar-refractivity contribution is 6.07. The largest absolute Gasteiger partial charge is 0.461 e. The molecule has 0 saturated heterocycles. The third kappa shape index (κ3) is 1.65. The Bertz CT molecular complexity index is 371. The number of rotatable bonds is 2. The van der Waals surface area contributed by atoms with Crippen LogP contribution in [0.1, 0.15) is 41.8 Å². The minimum atomic E-state index is 0.0761. The van der Waals surface area contributed by atoms with Crippen LogP contribution in [0.5, 0.6) is 0 Å². The SMILES string of the molecule is Cc1ccoc1C(=O)C1=CCCCC1. The normalized spacial score (nSPS) is 16.5. The number of allylic oxidation sites excluding steroid dienone is 2. The molecule has 0 fully saturated rings. The van der Waals surface area contributed by atoms with Crippen molar-refractivity contribution < 1.29 is 9.21 Å². The molecule has 0 aliphatic heterocycles. The Balaban J connectivity index is 2.23. The molecule has 14 heavy (non-hydrogen) atoms. The summed E-state index contributed by atoms with van der Waals surface area (Å²) in [5, 5.41) is 0. The Kier molecular flexibility index (Phi) is 2.53. The lowest BCUT2D eigenvalue weighted by atomic mass is 9.95. The maximum Gasteiger partial charge on any atom is 0.224 e. The van der Waals surface area contributed by atoms with Gasteiger partial charge in [-0.1, -0.05) is 6.08 Å². The lowest BCUT2D eigenvalue weighted by Crippen LogP contribution is -2.06. The van der Waals surface area contributed by atoms with Gasteiger partial charge in [0.05, 0.1) is 6.26 Å². The molecule has 0 unspecified atom stereocenters. The second-order valence-electron chi connectivity index (χ2n) is 3.74. The van der Waals surface area contributed by atoms with E-state index in [4.69, 9.17) is 4.42 Å². The number of carbonyl (C=O) groups is 1. The Morgan fingerprint density at radius 1 is 1.43 bits per heavy atom. The van der Waals surface area contributed by atoms with Gasteiger partial charge in [-0.2, -0.15) is 0 Å². The van der Waals surface area contributed by atoms with E-state index in [-0.39, 0.29) is 5.78 Å². The molecule has 0 aromatic carbocycles. The van der Waals surface area contributed by atoms with Crippen molar-refractivity contribution in [3.63, 3.8) is 0 Å². The molecule has 1 aliphatic carbocycles. The van der Waals surface area contributed by atoms with Crippen LogP contribution in [0.2, 0.25) is 0 Å². The Morgan fingerprint density at radius 3 is 2.86 bits per heavy atom. The van der Waals surface area contributed by atoms with Gasteiger partial charge in [0.15, 0.2) is 5.76 Å². The van der Waals surface area contributed by atoms with Crippen LogP contribution < -0.4 is 0 Å². The van der Waals surface area contributed by atoms with Gasteiger partial charge in [0.2, 0.25) is 5.78 Å². The predicted octanol–water partition coefficient (Wildman–Crippen LogP) is 3.27. The van der Waals surface area contributed by atoms with Crippen molar-refractivity contribution >= 4 is 5.78 Å². The van der Waals surface area contributed by atoms with E-state index in [2.05, 4.69) is 0 Å². The molecule has 2 nitrogen and oxygen atoms in total. The summed E-state index contributed by atoms with van der Waals surface area (Å²) in [5.41, 5.74) is 1.86. The Morgan fingerprint density at radius 2 is 2.29 bits per heavy atom. The van der Waals surface area contributed by atoms with Gasteiger partial charge >= 0.3 is 0 Å². The van der Waals surface area contributed by atoms with Gasteiger partial charge in [0.1, 0.15) is 0 Å². The van der Waals surface area contributed by atoms with Gasteiger partial charge in [-0.15, -0.1) is 0 Å². The van der Waals surface area contributed by atoms with E-state index >= 15 is 0 Å². The lowest BCUT2D eigenvalue weighted by molar-refractivity contribution is 0.0998. The molecule has 0 amide bonds. The molecule has 1 aliphatic rings. The number of aryl methyl sites for hydroxylation is 1. The van der Waals surface area contributed by atoms with Crippen LogP contribution in [0.25, 0.3) is 0 Å². The first kappa shape index (κ1) is 9.25. The van der Waals surface area contributed by atoms with Crippen LogP contribution in [0.3, 0.4) is 0 Å². The second kappa shape index (κ2) is 3.82. The molecule has 1 aromatic heterocycles. The maximum absolute atomic E-state index is 11.9. The number of carbonyl (C=O) groups excluding carboxylic acids is 1. The highest BCUT2D eigenvalue weighted by atomic mass is 16.3. The van der Waals surface area contributed by atoms with Crippen LogP contribution in [-0.4, -0.2) is 5.78 Å². The molecule has 74 valence electrons. The van der Waals surface area contributed by atoms with Gasteiger partial charge in [-0.3, -0.25) is 4.79 Å². The molecule has 0 atom stereocenters. The first-order valence-corrected chi connectivity index (χ1v) is 5.07. The summed E-state index contributed by atoms with van der Waals surface area (Å²) < 4.78 is 5.19. The van der Waals surface area contributed by atoms with E-state index < -0.39 is 0 Å². The maximum atomic E-state index is 11.9. The quantitative estimate of drug-likeness (QED) is 0.670. The van der Waals surface area contributed by atoms with E-state index in [1.807, 2.05) is 19.1 Å². The lowest BCUT2D eigenvalue weighted by Gasteiger charge is -2.10. The van der Waals surface area contributed by atoms with Crippen LogP contribution in [0.15, 0.2) is 28.4 Å². The zero-order chi connectivity index (χ0) is 9.97. The van der Waals surface area contributed by atoms with E-state index in [1.165, 1.54) is 6.42 Å². The Labute approximate surface area is 83.6 Å². The molecule has 2 rings (SSSR count). The van der Waals surface area contributed by atoms with Crippen molar-refractivity contribution in [2.24, 2.45) is 0 Å². The molecular weight excluding hydrogens is 176 g/mol. The van der Waals surface area contributed by atoms with E-state index in [9.17, 15) is 4.79 Å². The highest BCUT2D eigenvalue weighted by Gasteiger charge is 2.18. The predicted molar refractivity (Wildman–Crippen MR) is 54.3 cm³/mol. The van der Waals surface area contributed by atoms with Crippen LogP contribution in [0.4, 0.5) is 0 Å². The summed E-state index contributed by atoms with van der Waals surface area (Å²) in [6.07, 6.45) is 7.88. The van der Waals surface area contributed by atoms with E-state index in [1.54, 1.807) is 6.26 Å². The van der Waals surface area contributed by atoms with Gasteiger partial charge in [0.25, 0.3) is 0 Å². The molecular formula is C12H14O2. The molecule has 2 heteroatoms.